The van der Waals surface area contributed by atoms with Gasteiger partial charge in [-0.2, -0.15) is 0 Å². The molecular weight excluding hydrogens is 352 g/mol. The third kappa shape index (κ3) is 5.16. The number of nitrogens with zero attached hydrogens (tertiary/aromatic N) is 1. The fourth-order valence-corrected chi connectivity index (χ4v) is 3.15. The highest BCUT2D eigenvalue weighted by Crippen LogP contribution is 2.31. The zero-order valence-corrected chi connectivity index (χ0v) is 16.3. The van der Waals surface area contributed by atoms with Crippen LogP contribution in [0.2, 0.25) is 0 Å². The van der Waals surface area contributed by atoms with E-state index in [2.05, 4.69) is 34.6 Å². The van der Waals surface area contributed by atoms with Gasteiger partial charge in [-0.25, -0.2) is 4.79 Å². The molecule has 3 heterocycles. The van der Waals surface area contributed by atoms with E-state index in [-0.39, 0.29) is 18.4 Å². The highest BCUT2D eigenvalue weighted by atomic mass is 35.5. The van der Waals surface area contributed by atoms with E-state index in [0.29, 0.717) is 24.3 Å². The van der Waals surface area contributed by atoms with Gasteiger partial charge in [-0.05, 0) is 38.0 Å². The molecule has 0 saturated carbocycles. The van der Waals surface area contributed by atoms with E-state index in [0.717, 1.165) is 19.7 Å². The lowest BCUT2D eigenvalue weighted by Gasteiger charge is -2.28. The maximum Gasteiger partial charge on any atom is 0.356 e. The summed E-state index contributed by atoms with van der Waals surface area (Å²) < 4.78 is 10.9. The number of hydrogen-bond donors (Lipinski definition) is 1. The van der Waals surface area contributed by atoms with Crippen molar-refractivity contribution in [3.63, 3.8) is 0 Å². The number of fused-ring (bicyclic) bond motifs is 2. The molecular formula is C20H27ClN2O3. The Morgan fingerprint density at radius 2 is 2.12 bits per heavy atom. The molecule has 2 unspecified atom stereocenters. The zero-order chi connectivity index (χ0) is 17.9. The molecule has 0 radical (unpaired) electrons. The van der Waals surface area contributed by atoms with Gasteiger partial charge in [0, 0.05) is 19.0 Å². The molecule has 1 saturated heterocycles. The van der Waals surface area contributed by atoms with Crippen LogP contribution in [0.5, 0.6) is 0 Å². The van der Waals surface area contributed by atoms with E-state index < -0.39 is 5.60 Å². The van der Waals surface area contributed by atoms with Gasteiger partial charge >= 0.3 is 5.97 Å². The first kappa shape index (κ1) is 20.6. The standard InChI is InChI=1S/C11H13NO.C9H13NO2.ClH/c1-2-4-9-8(3-1)7-13-11-6-12-5-10(9)11;1-9(2,3)12-8(11)7-5-4-6-10-7;/h1-4,8,11-12H,5-7H2;4-5H,6H2,1-3H3;1H. The number of aliphatic imine (C=N–C) groups is 1. The summed E-state index contributed by atoms with van der Waals surface area (Å²) in [7, 11) is 0. The summed E-state index contributed by atoms with van der Waals surface area (Å²) in [6, 6.07) is 0. The van der Waals surface area contributed by atoms with Gasteiger partial charge in [0.2, 0.25) is 0 Å². The zero-order valence-electron chi connectivity index (χ0n) is 15.5. The molecule has 4 aliphatic rings. The van der Waals surface area contributed by atoms with Crippen LogP contribution in [0.3, 0.4) is 0 Å². The number of hydrogen-bond acceptors (Lipinski definition) is 5. The van der Waals surface area contributed by atoms with Gasteiger partial charge in [0.15, 0.2) is 0 Å². The van der Waals surface area contributed by atoms with E-state index in [1.54, 1.807) is 6.08 Å². The number of rotatable bonds is 1. The number of nitrogens with one attached hydrogen (secondary N) is 1. The van der Waals surface area contributed by atoms with Crippen LogP contribution >= 0.6 is 12.4 Å². The van der Waals surface area contributed by atoms with Crippen LogP contribution < -0.4 is 5.32 Å². The Hall–Kier alpha value is -1.69. The van der Waals surface area contributed by atoms with Gasteiger partial charge in [-0.15, -0.1) is 12.4 Å². The summed E-state index contributed by atoms with van der Waals surface area (Å²) in [6.07, 6.45) is 12.6. The first-order valence-corrected chi connectivity index (χ1v) is 8.78. The summed E-state index contributed by atoms with van der Waals surface area (Å²) >= 11 is 0. The molecule has 5 nitrogen and oxygen atoms in total. The molecule has 3 aliphatic heterocycles. The Bertz CT molecular complexity index is 684. The van der Waals surface area contributed by atoms with Crippen LogP contribution in [0.1, 0.15) is 20.8 Å². The highest BCUT2D eigenvalue weighted by Gasteiger charge is 2.31. The molecule has 26 heavy (non-hydrogen) atoms. The molecule has 1 fully saturated rings. The number of ether oxygens (including phenoxy) is 2. The van der Waals surface area contributed by atoms with Crippen molar-refractivity contribution in [3.8, 4) is 0 Å². The fourth-order valence-electron chi connectivity index (χ4n) is 3.15. The summed E-state index contributed by atoms with van der Waals surface area (Å²) in [6.45, 7) is 8.96. The van der Waals surface area contributed by atoms with Crippen LogP contribution in [0.25, 0.3) is 0 Å². The molecule has 0 amide bonds. The SMILES string of the molecule is C1=CC2=C3CNCC3OCC2C=C1.CC(C)(C)OC(=O)C1=NCC=C1.Cl. The van der Waals surface area contributed by atoms with Crippen molar-refractivity contribution < 1.29 is 14.3 Å². The lowest BCUT2D eigenvalue weighted by atomic mass is 9.88. The maximum absolute atomic E-state index is 11.3. The highest BCUT2D eigenvalue weighted by molar-refractivity contribution is 6.41. The molecule has 4 rings (SSSR count). The molecule has 6 heteroatoms. The Morgan fingerprint density at radius 1 is 1.31 bits per heavy atom. The molecule has 142 valence electrons. The lowest BCUT2D eigenvalue weighted by molar-refractivity contribution is -0.146. The lowest BCUT2D eigenvalue weighted by Crippen LogP contribution is -2.28. The maximum atomic E-state index is 11.3. The molecule has 0 aromatic carbocycles. The van der Waals surface area contributed by atoms with Crippen molar-refractivity contribution in [2.75, 3.05) is 26.2 Å². The minimum Gasteiger partial charge on any atom is -0.455 e. The minimum atomic E-state index is -0.434. The quantitative estimate of drug-likeness (QED) is 0.713. The number of halogens is 1. The van der Waals surface area contributed by atoms with Crippen LogP contribution in [-0.2, 0) is 14.3 Å². The summed E-state index contributed by atoms with van der Waals surface area (Å²) in [5.41, 5.74) is 2.95. The largest absolute Gasteiger partial charge is 0.455 e. The van der Waals surface area contributed by atoms with Gasteiger partial charge in [-0.3, -0.25) is 4.99 Å². The van der Waals surface area contributed by atoms with Crippen molar-refractivity contribution in [3.05, 3.63) is 47.6 Å². The number of carbonyl (C=O) groups is 1. The van der Waals surface area contributed by atoms with Crippen molar-refractivity contribution in [2.24, 2.45) is 10.9 Å². The average Bonchev–Trinajstić information content (AvgIpc) is 3.25. The first-order chi connectivity index (χ1) is 11.9. The van der Waals surface area contributed by atoms with Gasteiger partial charge < -0.3 is 14.8 Å². The van der Waals surface area contributed by atoms with E-state index in [1.807, 2.05) is 26.8 Å². The van der Waals surface area contributed by atoms with E-state index in [9.17, 15) is 4.79 Å². The molecule has 2 atom stereocenters. The topological polar surface area (TPSA) is 59.9 Å². The smallest absolute Gasteiger partial charge is 0.356 e. The summed E-state index contributed by atoms with van der Waals surface area (Å²) in [5.74, 6) is 0.174. The molecule has 1 aliphatic carbocycles. The van der Waals surface area contributed by atoms with Crippen molar-refractivity contribution >= 4 is 24.1 Å². The van der Waals surface area contributed by atoms with E-state index >= 15 is 0 Å². The Kier molecular flexibility index (Phi) is 6.98. The molecule has 0 bridgehead atoms. The van der Waals surface area contributed by atoms with E-state index in [1.165, 1.54) is 11.1 Å². The molecule has 0 aromatic heterocycles. The van der Waals surface area contributed by atoms with Gasteiger partial charge in [0.1, 0.15) is 11.3 Å². The minimum absolute atomic E-state index is 0. The normalized spacial score (nSPS) is 25.6. The Labute approximate surface area is 161 Å². The van der Waals surface area contributed by atoms with Gasteiger partial charge in [-0.1, -0.05) is 30.4 Å². The number of esters is 1. The van der Waals surface area contributed by atoms with Crippen LogP contribution in [0.4, 0.5) is 0 Å². The molecule has 1 N–H and O–H groups in total. The van der Waals surface area contributed by atoms with Crippen molar-refractivity contribution in [2.45, 2.75) is 32.5 Å². The van der Waals surface area contributed by atoms with Crippen molar-refractivity contribution in [1.29, 1.82) is 0 Å². The second-order valence-corrected chi connectivity index (χ2v) is 7.41. The average molecular weight is 379 g/mol. The molecule has 0 aromatic rings. The van der Waals surface area contributed by atoms with Crippen LogP contribution in [0, 0.1) is 5.92 Å². The third-order valence-electron chi connectivity index (χ3n) is 4.26. The predicted octanol–water partition coefficient (Wildman–Crippen LogP) is 2.79. The number of allylic oxidation sites excluding steroid dienone is 3. The van der Waals surface area contributed by atoms with Crippen molar-refractivity contribution in [1.82, 2.24) is 5.32 Å². The second kappa shape index (κ2) is 8.80. The van der Waals surface area contributed by atoms with E-state index in [4.69, 9.17) is 9.47 Å². The summed E-state index contributed by atoms with van der Waals surface area (Å²) in [5, 5.41) is 3.36. The monoisotopic (exact) mass is 378 g/mol. The Balaban J connectivity index is 0.000000181. The van der Waals surface area contributed by atoms with Gasteiger partial charge in [0.05, 0.1) is 19.3 Å². The third-order valence-corrected chi connectivity index (χ3v) is 4.26. The van der Waals surface area contributed by atoms with Gasteiger partial charge in [0.25, 0.3) is 0 Å². The Morgan fingerprint density at radius 3 is 2.81 bits per heavy atom. The summed E-state index contributed by atoms with van der Waals surface area (Å²) in [4.78, 5) is 15.2. The molecule has 0 spiro atoms. The fraction of sp³-hybridized carbons (Fsp3) is 0.500. The van der Waals surface area contributed by atoms with Crippen LogP contribution in [-0.4, -0.2) is 49.6 Å². The first-order valence-electron chi connectivity index (χ1n) is 8.78. The number of carbonyl (C=O) groups excluding carboxylic acids is 1. The van der Waals surface area contributed by atoms with Crippen LogP contribution in [0.15, 0.2) is 52.6 Å². The second-order valence-electron chi connectivity index (χ2n) is 7.41. The predicted molar refractivity (Wildman–Crippen MR) is 106 cm³/mol.